The average Bonchev–Trinajstić information content (AvgIpc) is 3.37. The van der Waals surface area contributed by atoms with Crippen molar-refractivity contribution < 1.29 is 4.39 Å². The second-order valence-electron chi connectivity index (χ2n) is 8.85. The van der Waals surface area contributed by atoms with Gasteiger partial charge in [-0.05, 0) is 55.9 Å². The highest BCUT2D eigenvalue weighted by atomic mass is 35.5. The number of nitrogens with zero attached hydrogens (tertiary/aromatic N) is 5. The fourth-order valence-electron chi connectivity index (χ4n) is 5.03. The Labute approximate surface area is 186 Å². The van der Waals surface area contributed by atoms with Gasteiger partial charge in [-0.3, -0.25) is 9.58 Å². The standard InChI is InChI=1S/C23H26ClFN6/c1-14-5-20(29-30(14)2)13-31-11-15-6-19(7-16(15)12-31)28-23-26-9-17(10-27-23)21-8-18(25)3-4-22(21)24/h3-5,8-10,15-16,19H,6-7,11-13H2,1-2H3,(H,26,27,28)/t15-,16-/m1/s1. The molecule has 162 valence electrons. The molecular weight excluding hydrogens is 415 g/mol. The molecule has 0 amide bonds. The summed E-state index contributed by atoms with van der Waals surface area (Å²) in [5.74, 6) is 1.69. The van der Waals surface area contributed by atoms with Crippen molar-refractivity contribution in [2.24, 2.45) is 18.9 Å². The molecule has 6 nitrogen and oxygen atoms in total. The Kier molecular flexibility index (Phi) is 5.40. The minimum atomic E-state index is -0.327. The fraction of sp³-hybridized carbons (Fsp3) is 0.435. The van der Waals surface area contributed by atoms with E-state index in [2.05, 4.69) is 38.3 Å². The summed E-state index contributed by atoms with van der Waals surface area (Å²) in [5, 5.41) is 8.57. The van der Waals surface area contributed by atoms with Crippen molar-refractivity contribution in [3.63, 3.8) is 0 Å². The first-order chi connectivity index (χ1) is 14.9. The number of benzene rings is 1. The molecule has 1 aromatic carbocycles. The smallest absolute Gasteiger partial charge is 0.222 e. The van der Waals surface area contributed by atoms with Gasteiger partial charge in [-0.2, -0.15) is 5.10 Å². The molecule has 2 aliphatic rings. The van der Waals surface area contributed by atoms with Gasteiger partial charge in [0.2, 0.25) is 5.95 Å². The van der Waals surface area contributed by atoms with Crippen LogP contribution >= 0.6 is 11.6 Å². The normalized spacial score (nSPS) is 21.5. The molecule has 1 aliphatic carbocycles. The summed E-state index contributed by atoms with van der Waals surface area (Å²) in [6.45, 7) is 5.26. The Morgan fingerprint density at radius 1 is 1.13 bits per heavy atom. The topological polar surface area (TPSA) is 58.9 Å². The molecule has 0 radical (unpaired) electrons. The number of rotatable bonds is 5. The number of aromatic nitrogens is 4. The van der Waals surface area contributed by atoms with Gasteiger partial charge in [-0.25, -0.2) is 14.4 Å². The van der Waals surface area contributed by atoms with Crippen molar-refractivity contribution in [1.29, 1.82) is 0 Å². The van der Waals surface area contributed by atoms with Gasteiger partial charge in [0.05, 0.1) is 5.69 Å². The van der Waals surface area contributed by atoms with Crippen molar-refractivity contribution >= 4 is 17.5 Å². The third-order valence-electron chi connectivity index (χ3n) is 6.60. The molecule has 0 spiro atoms. The Morgan fingerprint density at radius 3 is 2.48 bits per heavy atom. The number of fused-ring (bicyclic) bond motifs is 1. The lowest BCUT2D eigenvalue weighted by atomic mass is 10.0. The van der Waals surface area contributed by atoms with E-state index >= 15 is 0 Å². The molecule has 5 rings (SSSR count). The van der Waals surface area contributed by atoms with E-state index in [4.69, 9.17) is 11.6 Å². The van der Waals surface area contributed by atoms with Crippen molar-refractivity contribution in [1.82, 2.24) is 24.6 Å². The fourth-order valence-corrected chi connectivity index (χ4v) is 5.25. The van der Waals surface area contributed by atoms with Crippen LogP contribution in [0.5, 0.6) is 0 Å². The van der Waals surface area contributed by atoms with Gasteiger partial charge >= 0.3 is 0 Å². The number of nitrogens with one attached hydrogen (secondary N) is 1. The molecule has 3 heterocycles. The van der Waals surface area contributed by atoms with Crippen molar-refractivity contribution in [3.05, 3.63) is 58.9 Å². The highest BCUT2D eigenvalue weighted by Gasteiger charge is 2.41. The SMILES string of the molecule is Cc1cc(CN2C[C@H]3CC(Nc4ncc(-c5cc(F)ccc5Cl)cn4)C[C@@H]3C2)nn1C. The van der Waals surface area contributed by atoms with Crippen LogP contribution in [0.2, 0.25) is 5.02 Å². The summed E-state index contributed by atoms with van der Waals surface area (Å²) in [5.41, 5.74) is 3.66. The van der Waals surface area contributed by atoms with E-state index in [0.717, 1.165) is 38.2 Å². The molecule has 2 atom stereocenters. The lowest BCUT2D eigenvalue weighted by Gasteiger charge is -2.18. The number of likely N-dealkylation sites (tertiary alicyclic amines) is 1. The van der Waals surface area contributed by atoms with Crippen LogP contribution in [-0.2, 0) is 13.6 Å². The quantitative estimate of drug-likeness (QED) is 0.641. The van der Waals surface area contributed by atoms with E-state index in [1.165, 1.54) is 17.8 Å². The van der Waals surface area contributed by atoms with Crippen LogP contribution in [0, 0.1) is 24.6 Å². The van der Waals surface area contributed by atoms with Crippen LogP contribution in [0.1, 0.15) is 24.2 Å². The van der Waals surface area contributed by atoms with E-state index in [-0.39, 0.29) is 5.82 Å². The number of hydrogen-bond donors (Lipinski definition) is 1. The third-order valence-corrected chi connectivity index (χ3v) is 6.93. The van der Waals surface area contributed by atoms with Crippen molar-refractivity contribution in [3.8, 4) is 11.1 Å². The summed E-state index contributed by atoms with van der Waals surface area (Å²) in [6, 6.07) is 6.87. The van der Waals surface area contributed by atoms with Crippen molar-refractivity contribution in [2.45, 2.75) is 32.4 Å². The lowest BCUT2D eigenvalue weighted by Crippen LogP contribution is -2.25. The van der Waals surface area contributed by atoms with Crippen LogP contribution < -0.4 is 5.32 Å². The first-order valence-corrected chi connectivity index (χ1v) is 11.1. The van der Waals surface area contributed by atoms with Crippen LogP contribution in [0.3, 0.4) is 0 Å². The maximum absolute atomic E-state index is 13.5. The summed E-state index contributed by atoms with van der Waals surface area (Å²) < 4.78 is 15.5. The second-order valence-corrected chi connectivity index (χ2v) is 9.25. The third kappa shape index (κ3) is 4.29. The van der Waals surface area contributed by atoms with Gasteiger partial charge in [0, 0.05) is 67.0 Å². The summed E-state index contributed by atoms with van der Waals surface area (Å²) in [6.07, 6.45) is 5.65. The molecule has 1 saturated carbocycles. The molecular formula is C23H26ClFN6. The van der Waals surface area contributed by atoms with E-state index in [1.807, 2.05) is 11.7 Å². The van der Waals surface area contributed by atoms with Crippen molar-refractivity contribution in [2.75, 3.05) is 18.4 Å². The zero-order valence-corrected chi connectivity index (χ0v) is 18.5. The van der Waals surface area contributed by atoms with E-state index in [1.54, 1.807) is 18.5 Å². The highest BCUT2D eigenvalue weighted by Crippen LogP contribution is 2.39. The predicted octanol–water partition coefficient (Wildman–Crippen LogP) is 4.30. The maximum Gasteiger partial charge on any atom is 0.222 e. The molecule has 0 bridgehead atoms. The predicted molar refractivity (Wildman–Crippen MR) is 119 cm³/mol. The summed E-state index contributed by atoms with van der Waals surface area (Å²) in [7, 11) is 2.00. The molecule has 2 fully saturated rings. The summed E-state index contributed by atoms with van der Waals surface area (Å²) >= 11 is 6.19. The van der Waals surface area contributed by atoms with Crippen LogP contribution in [0.15, 0.2) is 36.7 Å². The molecule has 31 heavy (non-hydrogen) atoms. The number of halogens is 2. The maximum atomic E-state index is 13.5. The second kappa shape index (κ2) is 8.20. The highest BCUT2D eigenvalue weighted by molar-refractivity contribution is 6.33. The molecule has 0 unspecified atom stereocenters. The molecule has 8 heteroatoms. The van der Waals surface area contributed by atoms with Crippen LogP contribution in [0.25, 0.3) is 11.1 Å². The van der Waals surface area contributed by atoms with Gasteiger partial charge in [0.15, 0.2) is 0 Å². The first-order valence-electron chi connectivity index (χ1n) is 10.7. The largest absolute Gasteiger partial charge is 0.351 e. The number of hydrogen-bond acceptors (Lipinski definition) is 5. The Balaban J connectivity index is 1.16. The molecule has 2 aromatic heterocycles. The lowest BCUT2D eigenvalue weighted by molar-refractivity contribution is 0.296. The molecule has 3 aromatic rings. The average molecular weight is 441 g/mol. The Hall–Kier alpha value is -2.51. The van der Waals surface area contributed by atoms with Gasteiger partial charge in [-0.1, -0.05) is 11.6 Å². The van der Waals surface area contributed by atoms with Gasteiger partial charge in [-0.15, -0.1) is 0 Å². The van der Waals surface area contributed by atoms with E-state index < -0.39 is 0 Å². The zero-order chi connectivity index (χ0) is 21.5. The monoisotopic (exact) mass is 440 g/mol. The Morgan fingerprint density at radius 2 is 1.84 bits per heavy atom. The van der Waals surface area contributed by atoms with E-state index in [0.29, 0.717) is 40.0 Å². The van der Waals surface area contributed by atoms with Gasteiger partial charge < -0.3 is 5.32 Å². The first kappa shape index (κ1) is 20.4. The van der Waals surface area contributed by atoms with Gasteiger partial charge in [0.25, 0.3) is 0 Å². The van der Waals surface area contributed by atoms with Crippen LogP contribution in [0.4, 0.5) is 10.3 Å². The minimum absolute atomic E-state index is 0.327. The molecule has 1 aliphatic heterocycles. The molecule has 1 saturated heterocycles. The summed E-state index contributed by atoms with van der Waals surface area (Å²) in [4.78, 5) is 11.4. The zero-order valence-electron chi connectivity index (χ0n) is 17.7. The number of anilines is 1. The number of aryl methyl sites for hydroxylation is 2. The van der Waals surface area contributed by atoms with Crippen LogP contribution in [-0.4, -0.2) is 43.8 Å². The molecule has 1 N–H and O–H groups in total. The minimum Gasteiger partial charge on any atom is -0.351 e. The van der Waals surface area contributed by atoms with E-state index in [9.17, 15) is 4.39 Å². The van der Waals surface area contributed by atoms with Gasteiger partial charge in [0.1, 0.15) is 5.82 Å². The Bertz CT molecular complexity index is 1050.